The lowest BCUT2D eigenvalue weighted by Gasteiger charge is -2.38. The summed E-state index contributed by atoms with van der Waals surface area (Å²) in [5.74, 6) is 1.29. The van der Waals surface area contributed by atoms with Crippen LogP contribution >= 0.6 is 11.3 Å². The maximum atomic E-state index is 12.9. The number of carbonyl (C=O) groups is 1. The number of pyridine rings is 1. The van der Waals surface area contributed by atoms with E-state index in [0.29, 0.717) is 43.1 Å². The first-order chi connectivity index (χ1) is 15.3. The van der Waals surface area contributed by atoms with Crippen molar-refractivity contribution in [2.45, 2.75) is 19.5 Å². The Bertz CT molecular complexity index is 1220. The van der Waals surface area contributed by atoms with Crippen molar-refractivity contribution in [3.63, 3.8) is 0 Å². The van der Waals surface area contributed by atoms with Crippen LogP contribution in [0.3, 0.4) is 0 Å². The first-order valence-corrected chi connectivity index (χ1v) is 11.2. The average Bonchev–Trinajstić information content (AvgIpc) is 3.19. The summed E-state index contributed by atoms with van der Waals surface area (Å²) in [4.78, 5) is 29.0. The minimum absolute atomic E-state index is 0.0317. The Morgan fingerprint density at radius 1 is 1.19 bits per heavy atom. The quantitative estimate of drug-likeness (QED) is 0.632. The topological polar surface area (TPSA) is 84.2 Å². The Labute approximate surface area is 190 Å². The first-order valence-electron chi connectivity index (χ1n) is 10.4. The van der Waals surface area contributed by atoms with Gasteiger partial charge in [0, 0.05) is 60.6 Å². The van der Waals surface area contributed by atoms with Crippen LogP contribution in [0.1, 0.15) is 11.8 Å². The first kappa shape index (κ1) is 22.2. The summed E-state index contributed by atoms with van der Waals surface area (Å²) in [6.45, 7) is 4.44. The molecule has 0 bridgehead atoms. The normalized spacial score (nSPS) is 17.0. The number of aryl methyl sites for hydroxylation is 1. The van der Waals surface area contributed by atoms with Crippen molar-refractivity contribution in [1.29, 1.82) is 0 Å². The zero-order valence-electron chi connectivity index (χ0n) is 18.6. The van der Waals surface area contributed by atoms with Crippen LogP contribution in [0.5, 0.6) is 11.5 Å². The van der Waals surface area contributed by atoms with Crippen LogP contribution in [0.15, 0.2) is 35.3 Å². The number of thiophene rings is 1. The highest BCUT2D eigenvalue weighted by molar-refractivity contribution is 7.19. The van der Waals surface area contributed by atoms with Gasteiger partial charge >= 0.3 is 6.09 Å². The van der Waals surface area contributed by atoms with E-state index >= 15 is 0 Å². The van der Waals surface area contributed by atoms with Crippen LogP contribution in [-0.2, 0) is 13.6 Å². The molecule has 1 amide bonds. The molecular formula is C23H27N3O5S. The van der Waals surface area contributed by atoms with Crippen molar-refractivity contribution >= 4 is 27.5 Å². The maximum absolute atomic E-state index is 12.9. The largest absolute Gasteiger partial charge is 0.493 e. The summed E-state index contributed by atoms with van der Waals surface area (Å²) in [5.41, 5.74) is 1.87. The molecule has 1 saturated heterocycles. The number of rotatable bonds is 5. The predicted octanol–water partition coefficient (Wildman–Crippen LogP) is 3.47. The van der Waals surface area contributed by atoms with Crippen molar-refractivity contribution in [2.24, 2.45) is 7.05 Å². The van der Waals surface area contributed by atoms with E-state index in [4.69, 9.17) is 9.47 Å². The van der Waals surface area contributed by atoms with Gasteiger partial charge in [0.05, 0.1) is 19.6 Å². The fourth-order valence-corrected chi connectivity index (χ4v) is 5.49. The third-order valence-corrected chi connectivity index (χ3v) is 7.09. The molecule has 170 valence electrons. The van der Waals surface area contributed by atoms with E-state index in [1.807, 2.05) is 37.4 Å². The molecule has 1 aliphatic heterocycles. The van der Waals surface area contributed by atoms with Gasteiger partial charge in [-0.05, 0) is 30.7 Å². The van der Waals surface area contributed by atoms with Gasteiger partial charge in [-0.15, -0.1) is 11.3 Å². The fraction of sp³-hybridized carbons (Fsp3) is 0.391. The molecule has 1 atom stereocenters. The second-order valence-corrected chi connectivity index (χ2v) is 9.18. The lowest BCUT2D eigenvalue weighted by atomic mass is 10.1. The monoisotopic (exact) mass is 457 g/mol. The fourth-order valence-electron chi connectivity index (χ4n) is 4.27. The van der Waals surface area contributed by atoms with Gasteiger partial charge in [0.15, 0.2) is 11.5 Å². The van der Waals surface area contributed by atoms with Gasteiger partial charge in [0.1, 0.15) is 0 Å². The SMILES string of the molecule is COc1ccc(-c2cn(C)c(=O)c3cc(CN4CCN(C(=O)O)C(C)C4)sc23)cc1OC. The molecule has 0 saturated carbocycles. The van der Waals surface area contributed by atoms with Gasteiger partial charge in [-0.25, -0.2) is 4.79 Å². The van der Waals surface area contributed by atoms with Crippen molar-refractivity contribution in [3.8, 4) is 22.6 Å². The number of hydrogen-bond acceptors (Lipinski definition) is 6. The van der Waals surface area contributed by atoms with Gasteiger partial charge in [0.2, 0.25) is 0 Å². The van der Waals surface area contributed by atoms with Gasteiger partial charge in [-0.2, -0.15) is 0 Å². The molecule has 0 spiro atoms. The van der Waals surface area contributed by atoms with Gasteiger partial charge < -0.3 is 24.0 Å². The molecule has 1 N–H and O–H groups in total. The molecule has 3 aromatic rings. The summed E-state index contributed by atoms with van der Waals surface area (Å²) in [6, 6.07) is 7.66. The minimum atomic E-state index is -0.873. The van der Waals surface area contributed by atoms with Crippen molar-refractivity contribution in [3.05, 3.63) is 45.7 Å². The van der Waals surface area contributed by atoms with Crippen LogP contribution in [0, 0.1) is 0 Å². The summed E-state index contributed by atoms with van der Waals surface area (Å²) in [5, 5.41) is 9.99. The Morgan fingerprint density at radius 3 is 2.59 bits per heavy atom. The van der Waals surface area contributed by atoms with E-state index < -0.39 is 6.09 Å². The van der Waals surface area contributed by atoms with Crippen LogP contribution in [0.4, 0.5) is 4.79 Å². The second-order valence-electron chi connectivity index (χ2n) is 8.04. The third kappa shape index (κ3) is 4.05. The lowest BCUT2D eigenvalue weighted by molar-refractivity contribution is 0.0715. The number of piperazine rings is 1. The molecule has 2 aromatic heterocycles. The molecule has 0 aliphatic carbocycles. The third-order valence-electron chi connectivity index (χ3n) is 5.93. The standard InChI is InChI=1S/C23H27N3O5S/c1-14-11-25(7-8-26(14)23(28)29)12-16-10-17-21(32-16)18(13-24(2)22(17)27)15-5-6-19(30-3)20(9-15)31-4/h5-6,9-10,13-14H,7-8,11-12H2,1-4H3,(H,28,29). The van der Waals surface area contributed by atoms with Crippen LogP contribution in [0.2, 0.25) is 0 Å². The molecular weight excluding hydrogens is 430 g/mol. The number of ether oxygens (including phenoxy) is 2. The zero-order chi connectivity index (χ0) is 23.0. The summed E-state index contributed by atoms with van der Waals surface area (Å²) in [7, 11) is 4.97. The summed E-state index contributed by atoms with van der Waals surface area (Å²) < 4.78 is 13.4. The van der Waals surface area contributed by atoms with Gasteiger partial charge in [0.25, 0.3) is 5.56 Å². The molecule has 9 heteroatoms. The second kappa shape index (κ2) is 8.84. The van der Waals surface area contributed by atoms with E-state index in [0.717, 1.165) is 20.7 Å². The Kier molecular flexibility index (Phi) is 6.12. The number of nitrogens with zero attached hydrogens (tertiary/aromatic N) is 3. The smallest absolute Gasteiger partial charge is 0.407 e. The molecule has 1 unspecified atom stereocenters. The summed E-state index contributed by atoms with van der Waals surface area (Å²) >= 11 is 1.61. The van der Waals surface area contributed by atoms with E-state index in [1.165, 1.54) is 4.90 Å². The van der Waals surface area contributed by atoms with Crippen LogP contribution in [0.25, 0.3) is 21.2 Å². The predicted molar refractivity (Wildman–Crippen MR) is 125 cm³/mol. The number of benzene rings is 1. The number of amides is 1. The van der Waals surface area contributed by atoms with E-state index in [-0.39, 0.29) is 11.6 Å². The Balaban J connectivity index is 1.69. The van der Waals surface area contributed by atoms with Gasteiger partial charge in [-0.1, -0.05) is 6.07 Å². The van der Waals surface area contributed by atoms with Crippen LogP contribution in [-0.4, -0.2) is 65.5 Å². The number of methoxy groups -OCH3 is 2. The van der Waals surface area contributed by atoms with Crippen molar-refractivity contribution in [1.82, 2.24) is 14.4 Å². The minimum Gasteiger partial charge on any atom is -0.493 e. The summed E-state index contributed by atoms with van der Waals surface area (Å²) in [6.07, 6.45) is 0.988. The zero-order valence-corrected chi connectivity index (χ0v) is 19.4. The van der Waals surface area contributed by atoms with E-state index in [1.54, 1.807) is 37.2 Å². The highest BCUT2D eigenvalue weighted by atomic mass is 32.1. The molecule has 0 radical (unpaired) electrons. The van der Waals surface area contributed by atoms with E-state index in [9.17, 15) is 14.7 Å². The number of aromatic nitrogens is 1. The van der Waals surface area contributed by atoms with Crippen LogP contribution < -0.4 is 15.0 Å². The highest BCUT2D eigenvalue weighted by Crippen LogP contribution is 2.37. The molecule has 1 fully saturated rings. The number of carboxylic acid groups (broad SMARTS) is 1. The Hall–Kier alpha value is -3.04. The van der Waals surface area contributed by atoms with Crippen molar-refractivity contribution < 1.29 is 19.4 Å². The van der Waals surface area contributed by atoms with E-state index in [2.05, 4.69) is 4.90 Å². The molecule has 32 heavy (non-hydrogen) atoms. The number of fused-ring (bicyclic) bond motifs is 1. The number of hydrogen-bond donors (Lipinski definition) is 1. The lowest BCUT2D eigenvalue weighted by Crippen LogP contribution is -2.53. The molecule has 3 heterocycles. The molecule has 4 rings (SSSR count). The Morgan fingerprint density at radius 2 is 1.94 bits per heavy atom. The highest BCUT2D eigenvalue weighted by Gasteiger charge is 2.27. The maximum Gasteiger partial charge on any atom is 0.407 e. The van der Waals surface area contributed by atoms with Crippen molar-refractivity contribution in [2.75, 3.05) is 33.9 Å². The molecule has 1 aromatic carbocycles. The average molecular weight is 458 g/mol. The van der Waals surface area contributed by atoms with Gasteiger partial charge in [-0.3, -0.25) is 9.69 Å². The molecule has 1 aliphatic rings. The molecule has 8 nitrogen and oxygen atoms in total.